The summed E-state index contributed by atoms with van der Waals surface area (Å²) in [6.07, 6.45) is 1.81. The second-order valence-corrected chi connectivity index (χ2v) is 5.47. The molecule has 1 aromatic heterocycles. The number of hydrogen-bond acceptors (Lipinski definition) is 5. The van der Waals surface area contributed by atoms with Gasteiger partial charge in [-0.3, -0.25) is 4.98 Å². The van der Waals surface area contributed by atoms with Crippen LogP contribution in [0.15, 0.2) is 30.5 Å². The molecule has 0 bridgehead atoms. The van der Waals surface area contributed by atoms with Crippen LogP contribution in [0.5, 0.6) is 5.75 Å². The third-order valence-electron chi connectivity index (χ3n) is 4.07. The zero-order valence-corrected chi connectivity index (χ0v) is 12.0. The average molecular weight is 287 g/mol. The first-order chi connectivity index (χ1) is 10.3. The normalized spacial score (nSPS) is 18.0. The van der Waals surface area contributed by atoms with E-state index in [2.05, 4.69) is 15.2 Å². The molecule has 1 aromatic carbocycles. The number of fused-ring (bicyclic) bond motifs is 1. The third kappa shape index (κ3) is 3.15. The summed E-state index contributed by atoms with van der Waals surface area (Å²) < 4.78 is 0. The van der Waals surface area contributed by atoms with Crippen molar-refractivity contribution in [2.75, 3.05) is 32.7 Å². The van der Waals surface area contributed by atoms with E-state index in [1.807, 2.05) is 12.1 Å². The zero-order valence-electron chi connectivity index (χ0n) is 12.0. The number of nitrogens with one attached hydrogen (secondary N) is 1. The first kappa shape index (κ1) is 14.3. The van der Waals surface area contributed by atoms with Crippen molar-refractivity contribution in [2.24, 2.45) is 0 Å². The number of benzene rings is 1. The number of hydrogen-bond donors (Lipinski definition) is 3. The van der Waals surface area contributed by atoms with Gasteiger partial charge < -0.3 is 20.4 Å². The van der Waals surface area contributed by atoms with Crippen LogP contribution in [0.25, 0.3) is 10.9 Å². The van der Waals surface area contributed by atoms with Crippen molar-refractivity contribution in [1.29, 1.82) is 0 Å². The molecule has 0 spiro atoms. The van der Waals surface area contributed by atoms with E-state index >= 15 is 0 Å². The summed E-state index contributed by atoms with van der Waals surface area (Å²) in [4.78, 5) is 6.56. The molecule has 2 aromatic rings. The van der Waals surface area contributed by atoms with Gasteiger partial charge in [0.2, 0.25) is 0 Å². The molecule has 0 saturated carbocycles. The molecule has 21 heavy (non-hydrogen) atoms. The van der Waals surface area contributed by atoms with Gasteiger partial charge >= 0.3 is 0 Å². The lowest BCUT2D eigenvalue weighted by molar-refractivity contribution is 0.138. The first-order valence-corrected chi connectivity index (χ1v) is 7.43. The summed E-state index contributed by atoms with van der Waals surface area (Å²) in [5.41, 5.74) is 1.39. The molecule has 1 unspecified atom stereocenters. The van der Waals surface area contributed by atoms with Gasteiger partial charge in [0.15, 0.2) is 0 Å². The van der Waals surface area contributed by atoms with Crippen LogP contribution in [-0.2, 0) is 0 Å². The summed E-state index contributed by atoms with van der Waals surface area (Å²) in [6.45, 7) is 4.98. The van der Waals surface area contributed by atoms with Crippen LogP contribution >= 0.6 is 0 Å². The van der Waals surface area contributed by atoms with Gasteiger partial charge in [-0.15, -0.1) is 0 Å². The topological polar surface area (TPSA) is 68.6 Å². The number of phenolic OH excluding ortho intramolecular Hbond substituents is 1. The van der Waals surface area contributed by atoms with Crippen LogP contribution in [-0.4, -0.2) is 52.8 Å². The maximum Gasteiger partial charge on any atom is 0.141 e. The van der Waals surface area contributed by atoms with Gasteiger partial charge in [-0.2, -0.15) is 0 Å². The highest BCUT2D eigenvalue weighted by molar-refractivity contribution is 5.87. The predicted octanol–water partition coefficient (Wildman–Crippen LogP) is 1.27. The van der Waals surface area contributed by atoms with Crippen molar-refractivity contribution < 1.29 is 10.2 Å². The molecule has 0 amide bonds. The number of rotatable bonds is 4. The molecule has 1 aliphatic rings. The highest BCUT2D eigenvalue weighted by Gasteiger charge is 2.16. The maximum atomic E-state index is 10.5. The molecule has 0 radical (unpaired) electrons. The number of aromatic nitrogens is 1. The molecular weight excluding hydrogens is 266 g/mol. The van der Waals surface area contributed by atoms with E-state index in [1.165, 1.54) is 0 Å². The van der Waals surface area contributed by atoms with Crippen LogP contribution in [0.4, 0.5) is 0 Å². The summed E-state index contributed by atoms with van der Waals surface area (Å²) in [5, 5.41) is 24.5. The highest BCUT2D eigenvalue weighted by Crippen LogP contribution is 2.30. The van der Waals surface area contributed by atoms with E-state index in [1.54, 1.807) is 18.3 Å². The maximum absolute atomic E-state index is 10.5. The minimum absolute atomic E-state index is 0.156. The predicted molar refractivity (Wildman–Crippen MR) is 82.3 cm³/mol. The lowest BCUT2D eigenvalue weighted by atomic mass is 10.0. The summed E-state index contributed by atoms with van der Waals surface area (Å²) in [6, 6.07) is 7.13. The Labute approximate surface area is 124 Å². The van der Waals surface area contributed by atoms with Gasteiger partial charge in [-0.1, -0.05) is 12.1 Å². The van der Waals surface area contributed by atoms with Gasteiger partial charge in [0.1, 0.15) is 11.3 Å². The number of aliphatic hydroxyl groups is 1. The second kappa shape index (κ2) is 6.39. The Bertz CT molecular complexity index is 611. The fourth-order valence-corrected chi connectivity index (χ4v) is 2.87. The monoisotopic (exact) mass is 287 g/mol. The molecule has 3 N–H and O–H groups in total. The second-order valence-electron chi connectivity index (χ2n) is 5.47. The van der Waals surface area contributed by atoms with E-state index in [0.29, 0.717) is 11.9 Å². The van der Waals surface area contributed by atoms with E-state index in [-0.39, 0.29) is 5.75 Å². The van der Waals surface area contributed by atoms with Crippen LogP contribution in [0.2, 0.25) is 0 Å². The quantitative estimate of drug-likeness (QED) is 0.790. The standard InChI is InChI=1S/C16H21N3O2/c20-14(5-9-19-10-7-17-8-11-19)12-3-4-15(21)16-13(12)2-1-6-18-16/h1-4,6,14,17,20-21H,5,7-11H2. The van der Waals surface area contributed by atoms with Gasteiger partial charge in [0, 0.05) is 44.3 Å². The number of aliphatic hydroxyl groups excluding tert-OH is 1. The van der Waals surface area contributed by atoms with Crippen LogP contribution in [0, 0.1) is 0 Å². The molecule has 112 valence electrons. The molecule has 1 aliphatic heterocycles. The van der Waals surface area contributed by atoms with E-state index in [4.69, 9.17) is 0 Å². The SMILES string of the molecule is Oc1ccc(C(O)CCN2CCNCC2)c2cccnc12. The summed E-state index contributed by atoms with van der Waals surface area (Å²) in [5.74, 6) is 0.156. The van der Waals surface area contributed by atoms with Crippen LogP contribution < -0.4 is 5.32 Å². The number of nitrogens with zero attached hydrogens (tertiary/aromatic N) is 2. The third-order valence-corrected chi connectivity index (χ3v) is 4.07. The molecule has 2 heterocycles. The van der Waals surface area contributed by atoms with Gasteiger partial charge in [-0.25, -0.2) is 0 Å². The van der Waals surface area contributed by atoms with E-state index in [9.17, 15) is 10.2 Å². The number of aromatic hydroxyl groups is 1. The van der Waals surface area contributed by atoms with Crippen molar-refractivity contribution in [3.63, 3.8) is 0 Å². The Morgan fingerprint density at radius 1 is 1.24 bits per heavy atom. The van der Waals surface area contributed by atoms with Crippen molar-refractivity contribution >= 4 is 10.9 Å². The van der Waals surface area contributed by atoms with Gasteiger partial charge in [0.25, 0.3) is 0 Å². The number of piperazine rings is 1. The van der Waals surface area contributed by atoms with Crippen molar-refractivity contribution in [3.05, 3.63) is 36.0 Å². The van der Waals surface area contributed by atoms with Crippen molar-refractivity contribution in [1.82, 2.24) is 15.2 Å². The Balaban J connectivity index is 1.75. The highest BCUT2D eigenvalue weighted by atomic mass is 16.3. The Hall–Kier alpha value is -1.69. The van der Waals surface area contributed by atoms with Crippen molar-refractivity contribution in [3.8, 4) is 5.75 Å². The lowest BCUT2D eigenvalue weighted by Gasteiger charge is -2.28. The van der Waals surface area contributed by atoms with E-state index in [0.717, 1.165) is 43.7 Å². The molecule has 3 rings (SSSR count). The number of pyridine rings is 1. The minimum Gasteiger partial charge on any atom is -0.506 e. The largest absolute Gasteiger partial charge is 0.506 e. The first-order valence-electron chi connectivity index (χ1n) is 7.43. The molecule has 0 aliphatic carbocycles. The molecule has 1 atom stereocenters. The number of phenols is 1. The Morgan fingerprint density at radius 3 is 2.86 bits per heavy atom. The zero-order chi connectivity index (χ0) is 14.7. The molecule has 5 nitrogen and oxygen atoms in total. The lowest BCUT2D eigenvalue weighted by Crippen LogP contribution is -2.44. The fraction of sp³-hybridized carbons (Fsp3) is 0.438. The Kier molecular flexibility index (Phi) is 4.34. The van der Waals surface area contributed by atoms with Crippen LogP contribution in [0.3, 0.4) is 0 Å². The molecular formula is C16H21N3O2. The minimum atomic E-state index is -0.535. The smallest absolute Gasteiger partial charge is 0.141 e. The van der Waals surface area contributed by atoms with E-state index < -0.39 is 6.10 Å². The Morgan fingerprint density at radius 2 is 2.05 bits per heavy atom. The molecule has 1 fully saturated rings. The summed E-state index contributed by atoms with van der Waals surface area (Å²) in [7, 11) is 0. The van der Waals surface area contributed by atoms with Gasteiger partial charge in [0.05, 0.1) is 6.10 Å². The molecule has 5 heteroatoms. The average Bonchev–Trinajstić information content (AvgIpc) is 2.54. The van der Waals surface area contributed by atoms with Crippen molar-refractivity contribution in [2.45, 2.75) is 12.5 Å². The fourth-order valence-electron chi connectivity index (χ4n) is 2.87. The van der Waals surface area contributed by atoms with Crippen LogP contribution in [0.1, 0.15) is 18.1 Å². The summed E-state index contributed by atoms with van der Waals surface area (Å²) >= 11 is 0. The molecule has 1 saturated heterocycles. The van der Waals surface area contributed by atoms with Gasteiger partial charge in [-0.05, 0) is 24.1 Å².